The van der Waals surface area contributed by atoms with Crippen molar-refractivity contribution in [2.24, 2.45) is 0 Å². The van der Waals surface area contributed by atoms with Gasteiger partial charge in [-0.2, -0.15) is 0 Å². The van der Waals surface area contributed by atoms with Crippen LogP contribution in [-0.4, -0.2) is 36.6 Å². The van der Waals surface area contributed by atoms with E-state index >= 15 is 0 Å². The second-order valence-electron chi connectivity index (χ2n) is 3.68. The molecule has 0 spiro atoms. The highest BCUT2D eigenvalue weighted by Crippen LogP contribution is 2.22. The van der Waals surface area contributed by atoms with Gasteiger partial charge in [-0.1, -0.05) is 13.8 Å². The standard InChI is InChI=1S/C13H18FNOS/c1-3-15(4-2)7-8-17-13-6-5-12(14)9-11(13)10-16/h5-6,9-10H,3-4,7-8H2,1-2H3. The number of nitrogens with zero attached hydrogens (tertiary/aromatic N) is 1. The van der Waals surface area contributed by atoms with Crippen molar-refractivity contribution < 1.29 is 9.18 Å². The Hall–Kier alpha value is -0.870. The highest BCUT2D eigenvalue weighted by Gasteiger charge is 2.05. The van der Waals surface area contributed by atoms with Crippen LogP contribution in [0, 0.1) is 5.82 Å². The number of carbonyl (C=O) groups is 1. The van der Waals surface area contributed by atoms with Crippen LogP contribution in [0.1, 0.15) is 24.2 Å². The Morgan fingerprint density at radius 2 is 2.06 bits per heavy atom. The molecule has 0 N–H and O–H groups in total. The molecule has 0 saturated heterocycles. The Kier molecular flexibility index (Phi) is 6.22. The molecule has 1 rings (SSSR count). The van der Waals surface area contributed by atoms with Crippen molar-refractivity contribution in [3.63, 3.8) is 0 Å². The Bertz CT molecular complexity index is 366. The average molecular weight is 255 g/mol. The van der Waals surface area contributed by atoms with E-state index < -0.39 is 0 Å². The van der Waals surface area contributed by atoms with Crippen LogP contribution in [0.15, 0.2) is 23.1 Å². The van der Waals surface area contributed by atoms with Crippen LogP contribution in [-0.2, 0) is 0 Å². The van der Waals surface area contributed by atoms with Crippen LogP contribution in [0.3, 0.4) is 0 Å². The molecule has 0 radical (unpaired) electrons. The maximum Gasteiger partial charge on any atom is 0.151 e. The van der Waals surface area contributed by atoms with E-state index in [-0.39, 0.29) is 5.82 Å². The molecule has 94 valence electrons. The van der Waals surface area contributed by atoms with E-state index in [1.807, 2.05) is 0 Å². The molecule has 0 bridgehead atoms. The largest absolute Gasteiger partial charge is 0.303 e. The van der Waals surface area contributed by atoms with Gasteiger partial charge >= 0.3 is 0 Å². The van der Waals surface area contributed by atoms with E-state index in [1.54, 1.807) is 17.8 Å². The molecule has 0 aliphatic rings. The third-order valence-electron chi connectivity index (χ3n) is 2.66. The fraction of sp³-hybridized carbons (Fsp3) is 0.462. The lowest BCUT2D eigenvalue weighted by atomic mass is 10.2. The molecule has 0 heterocycles. The maximum atomic E-state index is 12.9. The molecular weight excluding hydrogens is 237 g/mol. The molecule has 1 aromatic carbocycles. The fourth-order valence-electron chi connectivity index (χ4n) is 1.57. The van der Waals surface area contributed by atoms with Gasteiger partial charge < -0.3 is 4.90 Å². The van der Waals surface area contributed by atoms with Gasteiger partial charge in [-0.25, -0.2) is 4.39 Å². The molecular formula is C13H18FNOS. The zero-order valence-electron chi connectivity index (χ0n) is 10.3. The number of rotatable bonds is 7. The van der Waals surface area contributed by atoms with Crippen molar-refractivity contribution in [2.45, 2.75) is 18.7 Å². The van der Waals surface area contributed by atoms with E-state index in [2.05, 4.69) is 18.7 Å². The summed E-state index contributed by atoms with van der Waals surface area (Å²) in [6.45, 7) is 7.29. The molecule has 0 amide bonds. The van der Waals surface area contributed by atoms with Gasteiger partial charge in [-0.15, -0.1) is 11.8 Å². The van der Waals surface area contributed by atoms with Gasteiger partial charge in [0.15, 0.2) is 6.29 Å². The molecule has 0 aromatic heterocycles. The minimum absolute atomic E-state index is 0.361. The minimum atomic E-state index is -0.361. The fourth-order valence-corrected chi connectivity index (χ4v) is 2.57. The number of carbonyl (C=O) groups excluding carboxylic acids is 1. The van der Waals surface area contributed by atoms with Crippen molar-refractivity contribution in [1.29, 1.82) is 0 Å². The third kappa shape index (κ3) is 4.48. The number of hydrogen-bond donors (Lipinski definition) is 0. The lowest BCUT2D eigenvalue weighted by Gasteiger charge is -2.17. The predicted molar refractivity (Wildman–Crippen MR) is 70.3 cm³/mol. The highest BCUT2D eigenvalue weighted by atomic mass is 32.2. The number of benzene rings is 1. The number of aldehydes is 1. The summed E-state index contributed by atoms with van der Waals surface area (Å²) in [5.74, 6) is 0.550. The SMILES string of the molecule is CCN(CC)CCSc1ccc(F)cc1C=O. The monoisotopic (exact) mass is 255 g/mol. The normalized spacial score (nSPS) is 10.8. The van der Waals surface area contributed by atoms with Crippen molar-refractivity contribution in [1.82, 2.24) is 4.90 Å². The van der Waals surface area contributed by atoms with Crippen LogP contribution >= 0.6 is 11.8 Å². The van der Waals surface area contributed by atoms with Crippen molar-refractivity contribution in [3.05, 3.63) is 29.6 Å². The summed E-state index contributed by atoms with van der Waals surface area (Å²) < 4.78 is 12.9. The summed E-state index contributed by atoms with van der Waals surface area (Å²) in [7, 11) is 0. The first-order valence-electron chi connectivity index (χ1n) is 5.81. The van der Waals surface area contributed by atoms with E-state index in [1.165, 1.54) is 12.1 Å². The molecule has 17 heavy (non-hydrogen) atoms. The predicted octanol–water partition coefficient (Wildman–Crippen LogP) is 3.07. The van der Waals surface area contributed by atoms with Gasteiger partial charge in [-0.3, -0.25) is 4.79 Å². The summed E-state index contributed by atoms with van der Waals surface area (Å²) in [6, 6.07) is 4.35. The van der Waals surface area contributed by atoms with Crippen molar-refractivity contribution in [2.75, 3.05) is 25.4 Å². The maximum absolute atomic E-state index is 12.9. The zero-order valence-corrected chi connectivity index (χ0v) is 11.1. The second-order valence-corrected chi connectivity index (χ2v) is 4.81. The summed E-state index contributed by atoms with van der Waals surface area (Å²) in [5.41, 5.74) is 0.439. The zero-order chi connectivity index (χ0) is 12.7. The average Bonchev–Trinajstić information content (AvgIpc) is 2.36. The molecule has 0 aliphatic carbocycles. The highest BCUT2D eigenvalue weighted by molar-refractivity contribution is 7.99. The van der Waals surface area contributed by atoms with Crippen molar-refractivity contribution in [3.8, 4) is 0 Å². The third-order valence-corrected chi connectivity index (χ3v) is 3.73. The van der Waals surface area contributed by atoms with Gasteiger partial charge in [0.1, 0.15) is 5.82 Å². The Balaban J connectivity index is 2.54. The number of thioether (sulfide) groups is 1. The summed E-state index contributed by atoms with van der Waals surface area (Å²) in [6.07, 6.45) is 0.711. The van der Waals surface area contributed by atoms with Gasteiger partial charge in [0, 0.05) is 22.8 Å². The van der Waals surface area contributed by atoms with E-state index in [0.717, 1.165) is 30.3 Å². The van der Waals surface area contributed by atoms with E-state index in [4.69, 9.17) is 0 Å². The van der Waals surface area contributed by atoms with Crippen LogP contribution in [0.4, 0.5) is 4.39 Å². The number of halogens is 1. The Morgan fingerprint density at radius 1 is 1.35 bits per heavy atom. The summed E-state index contributed by atoms with van der Waals surface area (Å²) >= 11 is 1.60. The molecule has 1 aromatic rings. The summed E-state index contributed by atoms with van der Waals surface area (Å²) in [5, 5.41) is 0. The van der Waals surface area contributed by atoms with Crippen molar-refractivity contribution >= 4 is 18.0 Å². The Morgan fingerprint density at radius 3 is 2.65 bits per heavy atom. The van der Waals surface area contributed by atoms with E-state index in [9.17, 15) is 9.18 Å². The Labute approximate surface area is 106 Å². The lowest BCUT2D eigenvalue weighted by Crippen LogP contribution is -2.25. The van der Waals surface area contributed by atoms with Crippen LogP contribution in [0.5, 0.6) is 0 Å². The van der Waals surface area contributed by atoms with Gasteiger partial charge in [0.25, 0.3) is 0 Å². The lowest BCUT2D eigenvalue weighted by molar-refractivity contribution is 0.112. The molecule has 4 heteroatoms. The molecule has 0 aliphatic heterocycles. The molecule has 0 saturated carbocycles. The van der Waals surface area contributed by atoms with Crippen LogP contribution in [0.25, 0.3) is 0 Å². The van der Waals surface area contributed by atoms with E-state index in [0.29, 0.717) is 11.8 Å². The molecule has 0 unspecified atom stereocenters. The number of hydrogen-bond acceptors (Lipinski definition) is 3. The first-order chi connectivity index (χ1) is 8.21. The smallest absolute Gasteiger partial charge is 0.151 e. The molecule has 0 fully saturated rings. The first-order valence-corrected chi connectivity index (χ1v) is 6.79. The topological polar surface area (TPSA) is 20.3 Å². The van der Waals surface area contributed by atoms with Crippen LogP contribution < -0.4 is 0 Å². The van der Waals surface area contributed by atoms with Crippen LogP contribution in [0.2, 0.25) is 0 Å². The minimum Gasteiger partial charge on any atom is -0.303 e. The quantitative estimate of drug-likeness (QED) is 0.551. The first kappa shape index (κ1) is 14.2. The second kappa shape index (κ2) is 7.45. The van der Waals surface area contributed by atoms with Gasteiger partial charge in [-0.05, 0) is 31.3 Å². The molecule has 2 nitrogen and oxygen atoms in total. The molecule has 0 atom stereocenters. The van der Waals surface area contributed by atoms with Gasteiger partial charge in [0.2, 0.25) is 0 Å². The van der Waals surface area contributed by atoms with Gasteiger partial charge in [0.05, 0.1) is 0 Å². The summed E-state index contributed by atoms with van der Waals surface area (Å²) in [4.78, 5) is 14.0.